The zero-order valence-electron chi connectivity index (χ0n) is 12.7. The van der Waals surface area contributed by atoms with Crippen molar-refractivity contribution in [2.45, 2.75) is 52.9 Å². The lowest BCUT2D eigenvalue weighted by Gasteiger charge is -2.13. The summed E-state index contributed by atoms with van der Waals surface area (Å²) >= 11 is 0. The van der Waals surface area contributed by atoms with E-state index in [0.717, 1.165) is 31.3 Å². The minimum absolute atomic E-state index is 0.0239. The van der Waals surface area contributed by atoms with Crippen molar-refractivity contribution < 1.29 is 14.3 Å². The number of hydrogen-bond donors (Lipinski definition) is 1. The molecular weight excluding hydrogens is 254 g/mol. The highest BCUT2D eigenvalue weighted by Gasteiger charge is 2.19. The second kappa shape index (κ2) is 8.56. The molecule has 0 aromatic carbocycles. The van der Waals surface area contributed by atoms with Gasteiger partial charge in [0.15, 0.2) is 0 Å². The third-order valence-electron chi connectivity index (χ3n) is 3.33. The Bertz CT molecular complexity index is 410. The molecule has 1 unspecified atom stereocenters. The maximum atomic E-state index is 12.1. The normalized spacial score (nSPS) is 19.1. The number of rotatable bonds is 7. The molecule has 1 rings (SSSR count). The Hall–Kier alpha value is -1.58. The zero-order valence-corrected chi connectivity index (χ0v) is 12.7. The number of nitrogens with one attached hydrogen (secondary N) is 1. The fraction of sp³-hybridized carbons (Fsp3) is 0.625. The molecule has 4 nitrogen and oxygen atoms in total. The summed E-state index contributed by atoms with van der Waals surface area (Å²) < 4.78 is 5.50. The van der Waals surface area contributed by atoms with Crippen LogP contribution >= 0.6 is 0 Å². The number of allylic oxidation sites excluding steroid dienone is 2. The Morgan fingerprint density at radius 2 is 2.15 bits per heavy atom. The first-order chi connectivity index (χ1) is 9.60. The molecule has 0 aliphatic carbocycles. The van der Waals surface area contributed by atoms with Gasteiger partial charge in [-0.2, -0.15) is 0 Å². The van der Waals surface area contributed by atoms with Gasteiger partial charge in [0.05, 0.1) is 5.92 Å². The number of hydrogen-bond acceptors (Lipinski definition) is 3. The number of amides is 1. The van der Waals surface area contributed by atoms with E-state index in [1.807, 2.05) is 26.0 Å². The summed E-state index contributed by atoms with van der Waals surface area (Å²) in [5.74, 6) is 0.388. The van der Waals surface area contributed by atoms with Crippen molar-refractivity contribution in [3.8, 4) is 0 Å². The molecule has 0 aromatic heterocycles. The van der Waals surface area contributed by atoms with Gasteiger partial charge in [-0.05, 0) is 37.0 Å². The number of ether oxygens (including phenoxy) is 1. The molecule has 1 amide bonds. The first-order valence-electron chi connectivity index (χ1n) is 7.48. The van der Waals surface area contributed by atoms with Crippen molar-refractivity contribution in [1.29, 1.82) is 0 Å². The molecule has 0 bridgehead atoms. The quantitative estimate of drug-likeness (QED) is 0.575. The summed E-state index contributed by atoms with van der Waals surface area (Å²) in [6, 6.07) is 0. The summed E-state index contributed by atoms with van der Waals surface area (Å²) in [7, 11) is 0. The Balaban J connectivity index is 2.70. The minimum atomic E-state index is -0.164. The van der Waals surface area contributed by atoms with E-state index in [2.05, 4.69) is 12.2 Å². The van der Waals surface area contributed by atoms with Crippen LogP contribution in [-0.2, 0) is 14.3 Å². The average Bonchev–Trinajstić information content (AvgIpc) is 2.81. The van der Waals surface area contributed by atoms with Gasteiger partial charge < -0.3 is 10.1 Å². The molecule has 1 fully saturated rings. The molecule has 4 heteroatoms. The van der Waals surface area contributed by atoms with E-state index in [1.165, 1.54) is 0 Å². The summed E-state index contributed by atoms with van der Waals surface area (Å²) in [6.45, 7) is 6.61. The largest absolute Gasteiger partial charge is 0.427 e. The van der Waals surface area contributed by atoms with Crippen LogP contribution in [0.3, 0.4) is 0 Å². The van der Waals surface area contributed by atoms with E-state index >= 15 is 0 Å². The van der Waals surface area contributed by atoms with Crippen LogP contribution in [0.25, 0.3) is 0 Å². The first kappa shape index (κ1) is 16.5. The van der Waals surface area contributed by atoms with Crippen molar-refractivity contribution in [1.82, 2.24) is 5.32 Å². The van der Waals surface area contributed by atoms with Crippen LogP contribution in [0, 0.1) is 5.92 Å². The van der Waals surface area contributed by atoms with Crippen LogP contribution in [0.15, 0.2) is 23.5 Å². The molecule has 1 heterocycles. The van der Waals surface area contributed by atoms with Gasteiger partial charge in [-0.25, -0.2) is 0 Å². The van der Waals surface area contributed by atoms with Crippen LogP contribution < -0.4 is 5.32 Å². The molecule has 1 atom stereocenters. The molecular formula is C16H25NO3. The third kappa shape index (κ3) is 5.19. The monoisotopic (exact) mass is 279 g/mol. The summed E-state index contributed by atoms with van der Waals surface area (Å²) in [4.78, 5) is 23.3. The van der Waals surface area contributed by atoms with Crippen LogP contribution in [0.1, 0.15) is 52.9 Å². The van der Waals surface area contributed by atoms with Gasteiger partial charge in [0.1, 0.15) is 5.76 Å². The molecule has 1 aliphatic rings. The van der Waals surface area contributed by atoms with E-state index in [1.54, 1.807) is 0 Å². The smallest absolute Gasteiger partial charge is 0.314 e. The van der Waals surface area contributed by atoms with Crippen molar-refractivity contribution in [3.05, 3.63) is 23.5 Å². The minimum Gasteiger partial charge on any atom is -0.427 e. The highest BCUT2D eigenvalue weighted by Crippen LogP contribution is 2.18. The average molecular weight is 279 g/mol. The lowest BCUT2D eigenvalue weighted by molar-refractivity contribution is -0.144. The van der Waals surface area contributed by atoms with Gasteiger partial charge in [0.2, 0.25) is 5.91 Å². The van der Waals surface area contributed by atoms with Gasteiger partial charge in [-0.3, -0.25) is 9.59 Å². The zero-order chi connectivity index (χ0) is 15.0. The van der Waals surface area contributed by atoms with Crippen molar-refractivity contribution in [2.24, 2.45) is 5.92 Å². The Kier molecular flexibility index (Phi) is 7.05. The molecule has 20 heavy (non-hydrogen) atoms. The van der Waals surface area contributed by atoms with Gasteiger partial charge in [-0.15, -0.1) is 0 Å². The van der Waals surface area contributed by atoms with Gasteiger partial charge in [0, 0.05) is 13.0 Å². The van der Waals surface area contributed by atoms with Crippen LogP contribution in [0.5, 0.6) is 0 Å². The van der Waals surface area contributed by atoms with Crippen LogP contribution in [0.4, 0.5) is 0 Å². The molecule has 0 radical (unpaired) electrons. The molecule has 1 N–H and O–H groups in total. The van der Waals surface area contributed by atoms with E-state index in [0.29, 0.717) is 18.7 Å². The van der Waals surface area contributed by atoms with Gasteiger partial charge in [-0.1, -0.05) is 27.2 Å². The SMILES string of the molecule is CCC=C(C=C1CNC(=O)C1)OC(=O)C(CC)CCC. The van der Waals surface area contributed by atoms with Crippen molar-refractivity contribution in [3.63, 3.8) is 0 Å². The number of esters is 1. The summed E-state index contributed by atoms with van der Waals surface area (Å²) in [6.07, 6.45) is 7.50. The maximum absolute atomic E-state index is 12.1. The molecule has 0 spiro atoms. The van der Waals surface area contributed by atoms with E-state index < -0.39 is 0 Å². The van der Waals surface area contributed by atoms with Crippen LogP contribution in [-0.4, -0.2) is 18.4 Å². The predicted molar refractivity (Wildman–Crippen MR) is 78.9 cm³/mol. The molecule has 112 valence electrons. The second-order valence-electron chi connectivity index (χ2n) is 5.09. The molecule has 1 aliphatic heterocycles. The predicted octanol–water partition coefficient (Wildman–Crippen LogP) is 3.10. The summed E-state index contributed by atoms with van der Waals surface area (Å²) in [5, 5.41) is 2.75. The Morgan fingerprint density at radius 3 is 2.65 bits per heavy atom. The van der Waals surface area contributed by atoms with Gasteiger partial charge in [0.25, 0.3) is 0 Å². The van der Waals surface area contributed by atoms with E-state index in [4.69, 9.17) is 4.74 Å². The van der Waals surface area contributed by atoms with Crippen molar-refractivity contribution >= 4 is 11.9 Å². The second-order valence-corrected chi connectivity index (χ2v) is 5.09. The topological polar surface area (TPSA) is 55.4 Å². The Morgan fingerprint density at radius 1 is 1.40 bits per heavy atom. The number of carbonyl (C=O) groups excluding carboxylic acids is 2. The fourth-order valence-corrected chi connectivity index (χ4v) is 2.21. The van der Waals surface area contributed by atoms with E-state index in [9.17, 15) is 9.59 Å². The molecule has 0 saturated carbocycles. The van der Waals surface area contributed by atoms with E-state index in [-0.39, 0.29) is 17.8 Å². The molecule has 0 aromatic rings. The lowest BCUT2D eigenvalue weighted by atomic mass is 10.0. The first-order valence-corrected chi connectivity index (χ1v) is 7.48. The van der Waals surface area contributed by atoms with Gasteiger partial charge >= 0.3 is 5.97 Å². The highest BCUT2D eigenvalue weighted by molar-refractivity contribution is 5.82. The van der Waals surface area contributed by atoms with Crippen molar-refractivity contribution in [2.75, 3.05) is 6.54 Å². The lowest BCUT2D eigenvalue weighted by Crippen LogP contribution is -2.16. The standard InChI is InChI=1S/C16H25NO3/c1-4-7-13(6-3)16(19)20-14(8-5-2)9-12-10-15(18)17-11-12/h8-9,13H,4-7,10-11H2,1-3H3,(H,17,18). The highest BCUT2D eigenvalue weighted by atomic mass is 16.5. The molecule has 1 saturated heterocycles. The number of carbonyl (C=O) groups is 2. The summed E-state index contributed by atoms with van der Waals surface area (Å²) in [5.41, 5.74) is 0.964. The third-order valence-corrected chi connectivity index (χ3v) is 3.33. The van der Waals surface area contributed by atoms with Crippen LogP contribution in [0.2, 0.25) is 0 Å². The Labute approximate surface area is 121 Å². The fourth-order valence-electron chi connectivity index (χ4n) is 2.21. The maximum Gasteiger partial charge on any atom is 0.314 e.